The summed E-state index contributed by atoms with van der Waals surface area (Å²) < 4.78 is 1.77. The number of benzene rings is 3. The lowest BCUT2D eigenvalue weighted by atomic mass is 9.99. The van der Waals surface area contributed by atoms with Crippen molar-refractivity contribution in [2.75, 3.05) is 11.1 Å². The first kappa shape index (κ1) is 23.9. The molecule has 0 unspecified atom stereocenters. The maximum absolute atomic E-state index is 13.0. The summed E-state index contributed by atoms with van der Waals surface area (Å²) in [5, 5.41) is 17.9. The summed E-state index contributed by atoms with van der Waals surface area (Å²) in [5.41, 5.74) is 8.59. The van der Waals surface area contributed by atoms with Gasteiger partial charge in [-0.05, 0) is 61.7 Å². The fourth-order valence-electron chi connectivity index (χ4n) is 4.48. The molecule has 0 aliphatic carbocycles. The van der Waals surface area contributed by atoms with Gasteiger partial charge in [-0.1, -0.05) is 54.2 Å². The molecule has 9 heteroatoms. The molecular weight excluding hydrogens is 494 g/mol. The number of hydrogen-bond donors (Lipinski definition) is 2. The van der Waals surface area contributed by atoms with Crippen molar-refractivity contribution in [2.45, 2.75) is 25.9 Å². The Morgan fingerprint density at radius 2 is 1.68 bits per heavy atom. The summed E-state index contributed by atoms with van der Waals surface area (Å²) in [7, 11) is 0. The summed E-state index contributed by atoms with van der Waals surface area (Å²) >= 11 is 1.24. The summed E-state index contributed by atoms with van der Waals surface area (Å²) in [6.07, 6.45) is 0. The lowest BCUT2D eigenvalue weighted by Crippen LogP contribution is -2.17. The first-order valence-corrected chi connectivity index (χ1v) is 13.2. The zero-order chi connectivity index (χ0) is 26.2. The third-order valence-corrected chi connectivity index (χ3v) is 7.37. The first-order chi connectivity index (χ1) is 18.5. The molecule has 3 aromatic carbocycles. The quantitative estimate of drug-likeness (QED) is 0.261. The van der Waals surface area contributed by atoms with Gasteiger partial charge in [0.2, 0.25) is 11.1 Å². The molecule has 0 fully saturated rings. The number of thioether (sulfide) groups is 1. The van der Waals surface area contributed by atoms with Crippen LogP contribution in [0.1, 0.15) is 16.7 Å². The number of hydrogen-bond acceptors (Lipinski definition) is 6. The van der Waals surface area contributed by atoms with Crippen molar-refractivity contribution in [2.24, 2.45) is 0 Å². The fraction of sp³-hybridized carbons (Fsp3) is 0.138. The molecule has 1 amide bonds. The normalized spacial score (nSPS) is 11.3. The molecule has 0 bridgehead atoms. The van der Waals surface area contributed by atoms with Crippen LogP contribution in [0.4, 0.5) is 5.82 Å². The predicted molar refractivity (Wildman–Crippen MR) is 152 cm³/mol. The minimum Gasteiger partial charge on any atom is -0.338 e. The molecule has 0 radical (unpaired) electrons. The number of amides is 1. The van der Waals surface area contributed by atoms with Crippen molar-refractivity contribution >= 4 is 45.6 Å². The van der Waals surface area contributed by atoms with Crippen molar-refractivity contribution in [1.29, 1.82) is 0 Å². The largest absolute Gasteiger partial charge is 0.338 e. The van der Waals surface area contributed by atoms with Gasteiger partial charge in [0.15, 0.2) is 5.65 Å². The molecule has 3 heterocycles. The van der Waals surface area contributed by atoms with Crippen LogP contribution in [0, 0.1) is 20.8 Å². The molecule has 38 heavy (non-hydrogen) atoms. The molecule has 0 spiro atoms. The number of para-hydroxylation sites is 2. The van der Waals surface area contributed by atoms with Crippen LogP contribution in [0.25, 0.3) is 39.0 Å². The number of aryl methyl sites for hydroxylation is 3. The summed E-state index contributed by atoms with van der Waals surface area (Å²) in [6.45, 7) is 6.28. The fourth-order valence-corrected chi connectivity index (χ4v) is 5.07. The zero-order valence-corrected chi connectivity index (χ0v) is 22.0. The number of carbonyl (C=O) groups excluding carboxylic acids is 1. The summed E-state index contributed by atoms with van der Waals surface area (Å²) in [5.74, 6) is 0.543. The molecule has 188 valence electrons. The number of nitrogens with one attached hydrogen (secondary N) is 2. The van der Waals surface area contributed by atoms with E-state index in [9.17, 15) is 4.79 Å². The van der Waals surface area contributed by atoms with Gasteiger partial charge in [0.25, 0.3) is 0 Å². The van der Waals surface area contributed by atoms with Gasteiger partial charge < -0.3 is 10.3 Å². The van der Waals surface area contributed by atoms with E-state index in [1.54, 1.807) is 4.68 Å². The number of carbonyl (C=O) groups is 1. The van der Waals surface area contributed by atoms with Crippen LogP contribution in [-0.4, -0.2) is 41.6 Å². The number of H-pyrrole nitrogens is 1. The van der Waals surface area contributed by atoms with Crippen molar-refractivity contribution in [1.82, 2.24) is 29.9 Å². The standard InChI is InChI=1S/C29H25N7OS/c1-17-13-19(3)22(14-18(17)2)24-15-25(36(35-24)20-9-5-4-6-10-20)31-26(37)16-38-29-32-28-27(33-34-29)21-11-7-8-12-23(21)30-28/h4-15H,16H2,1-3H3,(H,31,37)(H,30,32,34). The Kier molecular flexibility index (Phi) is 6.13. The maximum Gasteiger partial charge on any atom is 0.236 e. The van der Waals surface area contributed by atoms with Gasteiger partial charge in [0, 0.05) is 22.5 Å². The second-order valence-corrected chi connectivity index (χ2v) is 10.2. The maximum atomic E-state index is 13.0. The average molecular weight is 520 g/mol. The zero-order valence-electron chi connectivity index (χ0n) is 21.2. The lowest BCUT2D eigenvalue weighted by molar-refractivity contribution is -0.113. The van der Waals surface area contributed by atoms with Crippen molar-refractivity contribution < 1.29 is 4.79 Å². The van der Waals surface area contributed by atoms with Gasteiger partial charge in [-0.2, -0.15) is 5.10 Å². The van der Waals surface area contributed by atoms with E-state index in [2.05, 4.69) is 58.4 Å². The Hall–Kier alpha value is -4.50. The molecule has 8 nitrogen and oxygen atoms in total. The molecule has 0 saturated heterocycles. The minimum atomic E-state index is -0.184. The topological polar surface area (TPSA) is 101 Å². The Morgan fingerprint density at radius 1 is 0.921 bits per heavy atom. The molecule has 2 N–H and O–H groups in total. The average Bonchev–Trinajstić information content (AvgIpc) is 3.51. The van der Waals surface area contributed by atoms with Crippen molar-refractivity contribution in [3.8, 4) is 16.9 Å². The monoisotopic (exact) mass is 519 g/mol. The predicted octanol–water partition coefficient (Wildman–Crippen LogP) is 6.01. The van der Waals surface area contributed by atoms with Crippen LogP contribution in [0.15, 0.2) is 78.0 Å². The Morgan fingerprint density at radius 3 is 2.53 bits per heavy atom. The summed E-state index contributed by atoms with van der Waals surface area (Å²) in [6, 6.07) is 23.9. The molecule has 0 saturated carbocycles. The van der Waals surface area contributed by atoms with Crippen LogP contribution in [0.5, 0.6) is 0 Å². The van der Waals surface area contributed by atoms with E-state index in [0.717, 1.165) is 38.9 Å². The van der Waals surface area contributed by atoms with Gasteiger partial charge in [-0.15, -0.1) is 10.2 Å². The minimum absolute atomic E-state index is 0.130. The first-order valence-electron chi connectivity index (χ1n) is 12.2. The molecule has 0 aliphatic rings. The van der Waals surface area contributed by atoms with Gasteiger partial charge in [0.1, 0.15) is 11.3 Å². The van der Waals surface area contributed by atoms with E-state index in [-0.39, 0.29) is 11.7 Å². The second-order valence-electron chi connectivity index (χ2n) is 9.21. The smallest absolute Gasteiger partial charge is 0.236 e. The van der Waals surface area contributed by atoms with E-state index in [1.165, 1.54) is 22.9 Å². The van der Waals surface area contributed by atoms with Crippen LogP contribution >= 0.6 is 11.8 Å². The van der Waals surface area contributed by atoms with Crippen molar-refractivity contribution in [3.05, 3.63) is 89.5 Å². The number of fused-ring (bicyclic) bond motifs is 3. The number of anilines is 1. The molecule has 3 aromatic heterocycles. The Labute approximate surface area is 223 Å². The summed E-state index contributed by atoms with van der Waals surface area (Å²) in [4.78, 5) is 20.9. The van der Waals surface area contributed by atoms with Crippen LogP contribution in [-0.2, 0) is 4.79 Å². The van der Waals surface area contributed by atoms with E-state index in [4.69, 9.17) is 5.10 Å². The lowest BCUT2D eigenvalue weighted by Gasteiger charge is -2.08. The van der Waals surface area contributed by atoms with Gasteiger partial charge in [-0.25, -0.2) is 9.67 Å². The highest BCUT2D eigenvalue weighted by Crippen LogP contribution is 2.30. The van der Waals surface area contributed by atoms with Crippen LogP contribution < -0.4 is 5.32 Å². The second kappa shape index (κ2) is 9.75. The van der Waals surface area contributed by atoms with Crippen LogP contribution in [0.3, 0.4) is 0 Å². The highest BCUT2D eigenvalue weighted by atomic mass is 32.2. The van der Waals surface area contributed by atoms with Gasteiger partial charge in [-0.3, -0.25) is 4.79 Å². The Bertz CT molecular complexity index is 1810. The van der Waals surface area contributed by atoms with Crippen molar-refractivity contribution in [3.63, 3.8) is 0 Å². The third kappa shape index (κ3) is 4.52. The highest BCUT2D eigenvalue weighted by Gasteiger charge is 2.17. The Balaban J connectivity index is 1.25. The molecule has 0 aliphatic heterocycles. The van der Waals surface area contributed by atoms with E-state index >= 15 is 0 Å². The number of aromatic nitrogens is 6. The van der Waals surface area contributed by atoms with E-state index in [0.29, 0.717) is 16.6 Å². The number of aromatic amines is 1. The number of rotatable bonds is 6. The molecule has 0 atom stereocenters. The van der Waals surface area contributed by atoms with Gasteiger partial charge in [0.05, 0.1) is 17.1 Å². The van der Waals surface area contributed by atoms with Crippen LogP contribution in [0.2, 0.25) is 0 Å². The van der Waals surface area contributed by atoms with Gasteiger partial charge >= 0.3 is 0 Å². The number of nitrogens with zero attached hydrogens (tertiary/aromatic N) is 5. The highest BCUT2D eigenvalue weighted by molar-refractivity contribution is 7.99. The van der Waals surface area contributed by atoms with E-state index in [1.807, 2.05) is 60.7 Å². The molecule has 6 aromatic rings. The molecular formula is C29H25N7OS. The van der Waals surface area contributed by atoms with E-state index < -0.39 is 0 Å². The molecule has 6 rings (SSSR count). The SMILES string of the molecule is Cc1cc(C)c(-c2cc(NC(=O)CSc3nnc4c(n3)[nH]c3ccccc34)n(-c3ccccc3)n2)cc1C. The third-order valence-electron chi connectivity index (χ3n) is 6.53.